The molecule has 4 aromatic rings. The number of nitrogens with zero attached hydrogens (tertiary/aromatic N) is 2. The van der Waals surface area contributed by atoms with Crippen molar-refractivity contribution < 1.29 is 13.5 Å². The van der Waals surface area contributed by atoms with Crippen molar-refractivity contribution in [2.75, 3.05) is 5.32 Å². The highest BCUT2D eigenvalue weighted by Crippen LogP contribution is 2.30. The number of ether oxygens (including phenoxy) is 1. The summed E-state index contributed by atoms with van der Waals surface area (Å²) in [5.74, 6) is -0.366. The minimum atomic E-state index is -0.605. The van der Waals surface area contributed by atoms with Crippen molar-refractivity contribution in [1.82, 2.24) is 15.0 Å². The Morgan fingerprint density at radius 1 is 1.04 bits per heavy atom. The van der Waals surface area contributed by atoms with Crippen LogP contribution in [0.15, 0.2) is 55.0 Å². The third-order valence-electron chi connectivity index (χ3n) is 4.37. The van der Waals surface area contributed by atoms with Gasteiger partial charge in [-0.25, -0.2) is 18.7 Å². The standard InChI is InChI=1S/C21H18F2N4O/c1-12(2)13-3-5-17-15(7-13)18(10-24-17)27-20-8-16(23)19(11-25-20)28-21-6-4-14(22)9-26-21/h3-12,24H,1-2H3,(H,25,27). The highest BCUT2D eigenvalue weighted by atomic mass is 19.1. The van der Waals surface area contributed by atoms with Crippen LogP contribution in [0.25, 0.3) is 10.9 Å². The normalized spacial score (nSPS) is 11.2. The van der Waals surface area contributed by atoms with Crippen molar-refractivity contribution in [3.8, 4) is 11.6 Å². The van der Waals surface area contributed by atoms with Crippen LogP contribution in [0.5, 0.6) is 11.6 Å². The molecule has 2 N–H and O–H groups in total. The fourth-order valence-electron chi connectivity index (χ4n) is 2.84. The molecule has 0 saturated heterocycles. The number of rotatable bonds is 5. The predicted molar refractivity (Wildman–Crippen MR) is 104 cm³/mol. The fourth-order valence-corrected chi connectivity index (χ4v) is 2.84. The second-order valence-corrected chi connectivity index (χ2v) is 6.70. The molecule has 3 heterocycles. The van der Waals surface area contributed by atoms with Crippen LogP contribution >= 0.6 is 0 Å². The van der Waals surface area contributed by atoms with Gasteiger partial charge in [-0.1, -0.05) is 19.9 Å². The van der Waals surface area contributed by atoms with Crippen LogP contribution < -0.4 is 10.1 Å². The van der Waals surface area contributed by atoms with Gasteiger partial charge in [0.1, 0.15) is 11.6 Å². The molecule has 0 unspecified atom stereocenters. The summed E-state index contributed by atoms with van der Waals surface area (Å²) in [6.07, 6.45) is 4.08. The first kappa shape index (κ1) is 17.9. The molecule has 0 aliphatic heterocycles. The average Bonchev–Trinajstić information content (AvgIpc) is 3.07. The van der Waals surface area contributed by atoms with Gasteiger partial charge in [0, 0.05) is 29.2 Å². The number of hydrogen-bond acceptors (Lipinski definition) is 4. The van der Waals surface area contributed by atoms with Crippen LogP contribution in [0, 0.1) is 11.6 Å². The Morgan fingerprint density at radius 3 is 2.61 bits per heavy atom. The molecule has 0 aliphatic carbocycles. The summed E-state index contributed by atoms with van der Waals surface area (Å²) in [7, 11) is 0. The lowest BCUT2D eigenvalue weighted by molar-refractivity contribution is 0.423. The Balaban J connectivity index is 1.57. The van der Waals surface area contributed by atoms with Gasteiger partial charge in [-0.3, -0.25) is 0 Å². The largest absolute Gasteiger partial charge is 0.434 e. The highest BCUT2D eigenvalue weighted by Gasteiger charge is 2.11. The zero-order valence-electron chi connectivity index (χ0n) is 15.3. The van der Waals surface area contributed by atoms with Gasteiger partial charge >= 0.3 is 0 Å². The molecule has 5 nitrogen and oxygen atoms in total. The zero-order valence-corrected chi connectivity index (χ0v) is 15.3. The number of nitrogens with one attached hydrogen (secondary N) is 2. The Labute approximate surface area is 160 Å². The Hall–Kier alpha value is -3.48. The molecule has 1 aromatic carbocycles. The number of pyridine rings is 2. The van der Waals surface area contributed by atoms with Crippen LogP contribution in [0.4, 0.5) is 20.3 Å². The fraction of sp³-hybridized carbons (Fsp3) is 0.143. The minimum absolute atomic E-state index is 0.0839. The van der Waals surface area contributed by atoms with E-state index in [1.807, 2.05) is 12.3 Å². The van der Waals surface area contributed by atoms with E-state index in [-0.39, 0.29) is 11.6 Å². The first-order chi connectivity index (χ1) is 13.5. The lowest BCUT2D eigenvalue weighted by atomic mass is 10.0. The lowest BCUT2D eigenvalue weighted by Crippen LogP contribution is -1.97. The van der Waals surface area contributed by atoms with Crippen molar-refractivity contribution in [2.45, 2.75) is 19.8 Å². The summed E-state index contributed by atoms with van der Waals surface area (Å²) >= 11 is 0. The molecule has 0 radical (unpaired) electrons. The number of aromatic amines is 1. The molecule has 7 heteroatoms. The SMILES string of the molecule is CC(C)c1ccc2[nH]cc(Nc3cc(F)c(Oc4ccc(F)cn4)cn3)c2c1. The van der Waals surface area contributed by atoms with E-state index < -0.39 is 11.6 Å². The Kier molecular flexibility index (Phi) is 4.65. The summed E-state index contributed by atoms with van der Waals surface area (Å²) in [5, 5.41) is 4.13. The first-order valence-corrected chi connectivity index (χ1v) is 8.82. The quantitative estimate of drug-likeness (QED) is 0.453. The van der Waals surface area contributed by atoms with Gasteiger partial charge in [0.15, 0.2) is 11.6 Å². The summed E-state index contributed by atoms with van der Waals surface area (Å²) in [6, 6.07) is 9.96. The van der Waals surface area contributed by atoms with E-state index >= 15 is 0 Å². The summed E-state index contributed by atoms with van der Waals surface area (Å²) in [4.78, 5) is 11.1. The van der Waals surface area contributed by atoms with Crippen LogP contribution in [0.3, 0.4) is 0 Å². The van der Waals surface area contributed by atoms with Crippen molar-refractivity contribution >= 4 is 22.4 Å². The van der Waals surface area contributed by atoms with E-state index in [0.29, 0.717) is 11.7 Å². The van der Waals surface area contributed by atoms with Crippen LogP contribution in [0.1, 0.15) is 25.3 Å². The van der Waals surface area contributed by atoms with Crippen molar-refractivity contribution in [3.05, 3.63) is 72.2 Å². The van der Waals surface area contributed by atoms with E-state index in [4.69, 9.17) is 4.74 Å². The van der Waals surface area contributed by atoms with Crippen LogP contribution in [-0.2, 0) is 0 Å². The van der Waals surface area contributed by atoms with Crippen molar-refractivity contribution in [3.63, 3.8) is 0 Å². The lowest BCUT2D eigenvalue weighted by Gasteiger charge is -2.09. The molecule has 0 fully saturated rings. The van der Waals surface area contributed by atoms with Gasteiger partial charge < -0.3 is 15.0 Å². The maximum atomic E-state index is 14.4. The molecule has 0 atom stereocenters. The molecule has 142 valence electrons. The van der Waals surface area contributed by atoms with Gasteiger partial charge in [0.25, 0.3) is 0 Å². The molecular weight excluding hydrogens is 362 g/mol. The smallest absolute Gasteiger partial charge is 0.219 e. The van der Waals surface area contributed by atoms with Crippen LogP contribution in [0.2, 0.25) is 0 Å². The average molecular weight is 380 g/mol. The predicted octanol–water partition coefficient (Wildman–Crippen LogP) is 5.90. The molecule has 3 aromatic heterocycles. The third kappa shape index (κ3) is 3.64. The number of halogens is 2. The number of fused-ring (bicyclic) bond motifs is 1. The molecule has 4 rings (SSSR count). The number of anilines is 2. The van der Waals surface area contributed by atoms with E-state index in [1.165, 1.54) is 30.0 Å². The van der Waals surface area contributed by atoms with E-state index in [9.17, 15) is 8.78 Å². The van der Waals surface area contributed by atoms with Crippen molar-refractivity contribution in [1.29, 1.82) is 0 Å². The Bertz CT molecular complexity index is 1120. The van der Waals surface area contributed by atoms with E-state index in [2.05, 4.69) is 46.2 Å². The monoisotopic (exact) mass is 380 g/mol. The van der Waals surface area contributed by atoms with Gasteiger partial charge in [-0.2, -0.15) is 0 Å². The zero-order chi connectivity index (χ0) is 19.7. The third-order valence-corrected chi connectivity index (χ3v) is 4.37. The molecule has 0 bridgehead atoms. The summed E-state index contributed by atoms with van der Waals surface area (Å²) in [6.45, 7) is 4.26. The van der Waals surface area contributed by atoms with Crippen LogP contribution in [-0.4, -0.2) is 15.0 Å². The second-order valence-electron chi connectivity index (χ2n) is 6.70. The number of aromatic nitrogens is 3. The summed E-state index contributed by atoms with van der Waals surface area (Å²) < 4.78 is 32.6. The van der Waals surface area contributed by atoms with Crippen molar-refractivity contribution in [2.24, 2.45) is 0 Å². The summed E-state index contributed by atoms with van der Waals surface area (Å²) in [5.41, 5.74) is 3.00. The molecule has 0 aliphatic rings. The van der Waals surface area contributed by atoms with Gasteiger partial charge in [0.05, 0.1) is 18.1 Å². The maximum absolute atomic E-state index is 14.4. The number of benzene rings is 1. The Morgan fingerprint density at radius 2 is 1.89 bits per heavy atom. The van der Waals surface area contributed by atoms with Gasteiger partial charge in [-0.15, -0.1) is 0 Å². The van der Waals surface area contributed by atoms with E-state index in [1.54, 1.807) is 0 Å². The highest BCUT2D eigenvalue weighted by molar-refractivity contribution is 5.94. The van der Waals surface area contributed by atoms with Gasteiger partial charge in [0.2, 0.25) is 5.88 Å². The molecule has 0 spiro atoms. The van der Waals surface area contributed by atoms with E-state index in [0.717, 1.165) is 22.8 Å². The second kappa shape index (κ2) is 7.26. The molecular formula is C21H18F2N4O. The molecule has 28 heavy (non-hydrogen) atoms. The number of hydrogen-bond donors (Lipinski definition) is 2. The van der Waals surface area contributed by atoms with Gasteiger partial charge in [-0.05, 0) is 29.7 Å². The first-order valence-electron chi connectivity index (χ1n) is 8.82. The molecule has 0 amide bonds. The number of H-pyrrole nitrogens is 1. The minimum Gasteiger partial charge on any atom is -0.434 e. The maximum Gasteiger partial charge on any atom is 0.219 e. The topological polar surface area (TPSA) is 62.8 Å². The molecule has 0 saturated carbocycles.